The van der Waals surface area contributed by atoms with Gasteiger partial charge in [-0.3, -0.25) is 0 Å². The van der Waals surface area contributed by atoms with Crippen LogP contribution in [0.25, 0.3) is 0 Å². The van der Waals surface area contributed by atoms with Gasteiger partial charge in [0.05, 0.1) is 0 Å². The maximum absolute atomic E-state index is 5.39. The molecule has 1 fully saturated rings. The topological polar surface area (TPSA) is 26.0 Å². The van der Waals surface area contributed by atoms with Crippen molar-refractivity contribution in [1.29, 1.82) is 0 Å². The first-order valence-corrected chi connectivity index (χ1v) is 3.79. The molecule has 1 nitrogen and oxygen atoms in total. The van der Waals surface area contributed by atoms with Gasteiger partial charge in [-0.05, 0) is 31.4 Å². The fourth-order valence-corrected chi connectivity index (χ4v) is 1.41. The van der Waals surface area contributed by atoms with Crippen LogP contribution in [0.3, 0.4) is 0 Å². The van der Waals surface area contributed by atoms with E-state index in [4.69, 9.17) is 5.73 Å². The highest BCUT2D eigenvalue weighted by atomic mass is 14.5. The minimum Gasteiger partial charge on any atom is -0.405 e. The summed E-state index contributed by atoms with van der Waals surface area (Å²) < 4.78 is 0. The number of hydrogen-bond donors (Lipinski definition) is 1. The van der Waals surface area contributed by atoms with E-state index < -0.39 is 0 Å². The molecule has 0 spiro atoms. The monoisotopic (exact) mass is 125 g/mol. The molecule has 0 saturated heterocycles. The molecule has 1 heteroatoms. The number of nitrogens with two attached hydrogens (primary N) is 1. The van der Waals surface area contributed by atoms with Crippen LogP contribution in [0.1, 0.15) is 32.6 Å². The average Bonchev–Trinajstić information content (AvgIpc) is 1.82. The summed E-state index contributed by atoms with van der Waals surface area (Å²) in [6.45, 7) is 2.23. The molecule has 1 saturated carbocycles. The Labute approximate surface area is 56.9 Å². The summed E-state index contributed by atoms with van der Waals surface area (Å²) >= 11 is 0. The highest BCUT2D eigenvalue weighted by Gasteiger charge is 2.21. The van der Waals surface area contributed by atoms with Crippen molar-refractivity contribution in [3.05, 3.63) is 11.8 Å². The largest absolute Gasteiger partial charge is 0.405 e. The quantitative estimate of drug-likeness (QED) is 0.600. The molecule has 9 heavy (non-hydrogen) atoms. The van der Waals surface area contributed by atoms with Crippen molar-refractivity contribution in [3.63, 3.8) is 0 Å². The minimum absolute atomic E-state index is 0.847. The lowest BCUT2D eigenvalue weighted by Crippen LogP contribution is -2.16. The predicted octanol–water partition coefficient (Wildman–Crippen LogP) is 2.04. The van der Waals surface area contributed by atoms with Crippen LogP contribution in [-0.4, -0.2) is 0 Å². The molecule has 0 amide bonds. The first-order valence-electron chi connectivity index (χ1n) is 3.79. The molecular weight excluding hydrogens is 110 g/mol. The molecule has 1 aliphatic carbocycles. The van der Waals surface area contributed by atoms with Crippen molar-refractivity contribution in [2.45, 2.75) is 32.6 Å². The molecule has 0 radical (unpaired) electrons. The number of rotatable bonds is 2. The van der Waals surface area contributed by atoms with Gasteiger partial charge in [0.25, 0.3) is 0 Å². The second kappa shape index (κ2) is 2.90. The molecule has 2 N–H and O–H groups in total. The van der Waals surface area contributed by atoms with E-state index >= 15 is 0 Å². The van der Waals surface area contributed by atoms with Gasteiger partial charge in [0.2, 0.25) is 0 Å². The van der Waals surface area contributed by atoms with Gasteiger partial charge in [-0.1, -0.05) is 18.9 Å². The summed E-state index contributed by atoms with van der Waals surface area (Å²) in [6.07, 6.45) is 7.05. The molecule has 0 aromatic rings. The third-order valence-corrected chi connectivity index (χ3v) is 2.16. The lowest BCUT2D eigenvalue weighted by molar-refractivity contribution is 0.409. The molecule has 0 aromatic heterocycles. The highest BCUT2D eigenvalue weighted by Crippen LogP contribution is 2.35. The lowest BCUT2D eigenvalue weighted by atomic mass is 9.77. The van der Waals surface area contributed by atoms with E-state index in [0.29, 0.717) is 0 Å². The van der Waals surface area contributed by atoms with E-state index in [1.807, 2.05) is 0 Å². The van der Waals surface area contributed by atoms with Gasteiger partial charge in [0.1, 0.15) is 0 Å². The molecule has 0 bridgehead atoms. The normalized spacial score (nSPS) is 30.3. The third kappa shape index (κ3) is 1.26. The van der Waals surface area contributed by atoms with Crippen LogP contribution in [-0.2, 0) is 0 Å². The third-order valence-electron chi connectivity index (χ3n) is 2.16. The Morgan fingerprint density at radius 1 is 1.78 bits per heavy atom. The zero-order valence-electron chi connectivity index (χ0n) is 6.06. The van der Waals surface area contributed by atoms with E-state index in [-0.39, 0.29) is 0 Å². The highest BCUT2D eigenvalue weighted by molar-refractivity contribution is 5.13. The van der Waals surface area contributed by atoms with Crippen LogP contribution >= 0.6 is 0 Å². The van der Waals surface area contributed by atoms with Crippen LogP contribution in [0.5, 0.6) is 0 Å². The molecule has 52 valence electrons. The molecule has 0 aliphatic heterocycles. The fraction of sp³-hybridized carbons (Fsp3) is 0.750. The Morgan fingerprint density at radius 2 is 2.56 bits per heavy atom. The van der Waals surface area contributed by atoms with Crippen LogP contribution in [0.4, 0.5) is 0 Å². The predicted molar refractivity (Wildman–Crippen MR) is 39.9 cm³/mol. The first kappa shape index (κ1) is 6.66. The first-order chi connectivity index (χ1) is 4.38. The summed E-state index contributed by atoms with van der Waals surface area (Å²) in [5.74, 6) is 0.847. The van der Waals surface area contributed by atoms with Gasteiger partial charge in [0.15, 0.2) is 0 Å². The average molecular weight is 125 g/mol. The maximum Gasteiger partial charge on any atom is -0.00676 e. The summed E-state index contributed by atoms with van der Waals surface area (Å²) in [7, 11) is 0. The van der Waals surface area contributed by atoms with Crippen LogP contribution in [0, 0.1) is 5.92 Å². The van der Waals surface area contributed by atoms with Gasteiger partial charge in [0, 0.05) is 0 Å². The Morgan fingerprint density at radius 3 is 2.89 bits per heavy atom. The van der Waals surface area contributed by atoms with E-state index in [0.717, 1.165) is 5.92 Å². The van der Waals surface area contributed by atoms with Crippen molar-refractivity contribution < 1.29 is 0 Å². The standard InChI is InChI=1S/C8H15N/c1-2-3-7-4-5-8(7)6-9/h6-7H,2-5,9H2,1H3/b8-6+. The fourth-order valence-electron chi connectivity index (χ4n) is 1.41. The van der Waals surface area contributed by atoms with Gasteiger partial charge >= 0.3 is 0 Å². The van der Waals surface area contributed by atoms with E-state index in [1.54, 1.807) is 6.20 Å². The molecule has 1 aliphatic rings. The smallest absolute Gasteiger partial charge is 0.00676 e. The van der Waals surface area contributed by atoms with Gasteiger partial charge < -0.3 is 5.73 Å². The second-order valence-corrected chi connectivity index (χ2v) is 2.77. The zero-order chi connectivity index (χ0) is 6.69. The van der Waals surface area contributed by atoms with Crippen LogP contribution in [0.15, 0.2) is 11.8 Å². The van der Waals surface area contributed by atoms with Gasteiger partial charge in [-0.25, -0.2) is 0 Å². The molecule has 0 heterocycles. The van der Waals surface area contributed by atoms with Crippen LogP contribution in [0.2, 0.25) is 0 Å². The van der Waals surface area contributed by atoms with Gasteiger partial charge in [-0.15, -0.1) is 0 Å². The zero-order valence-corrected chi connectivity index (χ0v) is 6.06. The molecular formula is C8H15N. The number of hydrogen-bond acceptors (Lipinski definition) is 1. The summed E-state index contributed by atoms with van der Waals surface area (Å²) in [6, 6.07) is 0. The maximum atomic E-state index is 5.39. The Balaban J connectivity index is 2.27. The van der Waals surface area contributed by atoms with E-state index in [2.05, 4.69) is 6.92 Å². The van der Waals surface area contributed by atoms with Crippen molar-refractivity contribution in [3.8, 4) is 0 Å². The van der Waals surface area contributed by atoms with E-state index in [9.17, 15) is 0 Å². The van der Waals surface area contributed by atoms with Crippen LogP contribution < -0.4 is 5.73 Å². The Hall–Kier alpha value is -0.460. The van der Waals surface area contributed by atoms with Crippen molar-refractivity contribution in [2.24, 2.45) is 11.7 Å². The minimum atomic E-state index is 0.847. The number of allylic oxidation sites excluding steroid dienone is 1. The lowest BCUT2D eigenvalue weighted by Gasteiger charge is -2.28. The molecule has 0 aromatic carbocycles. The van der Waals surface area contributed by atoms with Crippen molar-refractivity contribution in [1.82, 2.24) is 0 Å². The van der Waals surface area contributed by atoms with Gasteiger partial charge in [-0.2, -0.15) is 0 Å². The Bertz CT molecular complexity index is 116. The summed E-state index contributed by atoms with van der Waals surface area (Å²) in [5.41, 5.74) is 6.88. The van der Waals surface area contributed by atoms with Crippen molar-refractivity contribution >= 4 is 0 Å². The molecule has 1 rings (SSSR count). The molecule has 1 unspecified atom stereocenters. The SMILES string of the molecule is CCCC1CC/C1=C\N. The summed E-state index contributed by atoms with van der Waals surface area (Å²) in [5, 5.41) is 0. The summed E-state index contributed by atoms with van der Waals surface area (Å²) in [4.78, 5) is 0. The second-order valence-electron chi connectivity index (χ2n) is 2.77. The van der Waals surface area contributed by atoms with E-state index in [1.165, 1.54) is 31.3 Å². The Kier molecular flexibility index (Phi) is 2.15. The van der Waals surface area contributed by atoms with Crippen molar-refractivity contribution in [2.75, 3.05) is 0 Å². The molecule has 1 atom stereocenters.